The Labute approximate surface area is 126 Å². The minimum Gasteiger partial charge on any atom is -0.440 e. The molecule has 19 heavy (non-hydrogen) atoms. The van der Waals surface area contributed by atoms with E-state index in [0.717, 1.165) is 6.04 Å². The average Bonchev–Trinajstić information content (AvgIpc) is 2.27. The fourth-order valence-corrected chi connectivity index (χ4v) is 16.0. The normalized spacial score (nSPS) is 13.3. The van der Waals surface area contributed by atoms with E-state index in [0.29, 0.717) is 22.2 Å². The molecule has 0 fully saturated rings. The maximum absolute atomic E-state index is 6.54. The molecule has 2 nitrogen and oxygen atoms in total. The summed E-state index contributed by atoms with van der Waals surface area (Å²) < 4.78 is 13.1. The maximum atomic E-state index is 6.54. The van der Waals surface area contributed by atoms with Crippen molar-refractivity contribution in [1.29, 1.82) is 0 Å². The first-order valence-corrected chi connectivity index (χ1v) is 13.4. The van der Waals surface area contributed by atoms with Crippen LogP contribution >= 0.6 is 0 Å². The van der Waals surface area contributed by atoms with Crippen molar-refractivity contribution in [2.24, 2.45) is 0 Å². The highest BCUT2D eigenvalue weighted by atomic mass is 28.4. The van der Waals surface area contributed by atoms with Crippen LogP contribution in [0.15, 0.2) is 0 Å². The molecule has 0 aliphatic rings. The third kappa shape index (κ3) is 7.22. The van der Waals surface area contributed by atoms with E-state index in [2.05, 4.69) is 62.3 Å². The summed E-state index contributed by atoms with van der Waals surface area (Å²) in [5.41, 5.74) is 2.85. The lowest BCUT2D eigenvalue weighted by Crippen LogP contribution is -2.40. The summed E-state index contributed by atoms with van der Waals surface area (Å²) in [7, 11) is -3.67. The molecule has 116 valence electrons. The Kier molecular flexibility index (Phi) is 9.78. The fraction of sp³-hybridized carbons (Fsp3) is 1.00. The van der Waals surface area contributed by atoms with Gasteiger partial charge in [0.25, 0.3) is 9.28 Å². The Morgan fingerprint density at radius 3 is 1.05 bits per heavy atom. The number of rotatable bonds is 9. The largest absolute Gasteiger partial charge is 0.440 e. The second kappa shape index (κ2) is 9.50. The van der Waals surface area contributed by atoms with Gasteiger partial charge in [-0.25, -0.2) is 0 Å². The van der Waals surface area contributed by atoms with Crippen molar-refractivity contribution >= 4 is 27.4 Å². The molecule has 0 atom stereocenters. The smallest absolute Gasteiger partial charge is 0.300 e. The Hall–Kier alpha value is 0.571. The van der Waals surface area contributed by atoms with Crippen LogP contribution in [-0.2, 0) is 8.23 Å². The van der Waals surface area contributed by atoms with E-state index in [1.807, 2.05) is 0 Å². The molecule has 0 N–H and O–H groups in total. The van der Waals surface area contributed by atoms with E-state index >= 15 is 0 Å². The van der Waals surface area contributed by atoms with E-state index in [1.165, 1.54) is 0 Å². The van der Waals surface area contributed by atoms with Crippen molar-refractivity contribution in [3.8, 4) is 0 Å². The summed E-state index contributed by atoms with van der Waals surface area (Å²) >= 11 is 0. The highest BCUT2D eigenvalue weighted by molar-refractivity contribution is 6.70. The van der Waals surface area contributed by atoms with Crippen LogP contribution in [0.5, 0.6) is 0 Å². The van der Waals surface area contributed by atoms with Gasteiger partial charge in [0.05, 0.1) is 0 Å². The predicted octanol–water partition coefficient (Wildman–Crippen LogP) is 4.35. The van der Waals surface area contributed by atoms with Crippen LogP contribution < -0.4 is 0 Å². The maximum Gasteiger partial charge on any atom is 0.300 e. The van der Waals surface area contributed by atoms with E-state index < -0.39 is 27.4 Å². The molecule has 0 unspecified atom stereocenters. The summed E-state index contributed by atoms with van der Waals surface area (Å²) in [4.78, 5) is 0. The zero-order valence-electron chi connectivity index (χ0n) is 14.6. The van der Waals surface area contributed by atoms with Crippen molar-refractivity contribution in [3.05, 3.63) is 0 Å². The van der Waals surface area contributed by atoms with Gasteiger partial charge in [-0.05, 0) is 28.2 Å². The third-order valence-electron chi connectivity index (χ3n) is 3.58. The third-order valence-corrected chi connectivity index (χ3v) is 14.4. The first kappa shape index (κ1) is 19.6. The van der Waals surface area contributed by atoms with Crippen molar-refractivity contribution < 1.29 is 8.23 Å². The topological polar surface area (TPSA) is 18.5 Å². The first-order chi connectivity index (χ1) is 8.70. The number of hydrogen-bond donors (Lipinski definition) is 0. The van der Waals surface area contributed by atoms with Gasteiger partial charge in [-0.15, -0.1) is 0 Å². The van der Waals surface area contributed by atoms with Crippen LogP contribution in [0.1, 0.15) is 62.3 Å². The summed E-state index contributed by atoms with van der Waals surface area (Å²) in [5.74, 6) is 0. The van der Waals surface area contributed by atoms with Crippen LogP contribution in [0.4, 0.5) is 0 Å². The molecule has 0 radical (unpaired) electrons. The molecule has 0 rings (SSSR count). The Balaban J connectivity index is 4.64. The predicted molar refractivity (Wildman–Crippen MR) is 94.5 cm³/mol. The molecular weight excluding hydrogens is 284 g/mol. The van der Waals surface area contributed by atoms with Gasteiger partial charge >= 0.3 is 0 Å². The van der Waals surface area contributed by atoms with Crippen LogP contribution in [0.25, 0.3) is 0 Å². The quantitative estimate of drug-likeness (QED) is 0.588. The van der Waals surface area contributed by atoms with Crippen molar-refractivity contribution in [2.45, 2.75) is 90.5 Å². The molecule has 0 aliphatic heterocycles. The Bertz CT molecular complexity index is 195. The molecule has 0 aromatic heterocycles. The molecular formula is C14H36O2Si3. The van der Waals surface area contributed by atoms with Crippen LogP contribution in [0.3, 0.4) is 0 Å². The molecule has 0 aliphatic carbocycles. The minimum absolute atomic E-state index is 0.711. The Morgan fingerprint density at radius 1 is 0.632 bits per heavy atom. The average molecular weight is 321 g/mol. The monoisotopic (exact) mass is 320 g/mol. The molecule has 0 spiro atoms. The SMILES string of the molecule is CC[SiH](O[SiH](C(C)C)C(C)C)O[SiH](C(C)C)C(C)C. The Morgan fingerprint density at radius 2 is 0.895 bits per heavy atom. The van der Waals surface area contributed by atoms with E-state index in [1.54, 1.807) is 0 Å². The number of hydrogen-bond acceptors (Lipinski definition) is 2. The summed E-state index contributed by atoms with van der Waals surface area (Å²) in [5, 5.41) is 0. The molecule has 0 aromatic rings. The first-order valence-electron chi connectivity index (χ1n) is 8.01. The highest BCUT2D eigenvalue weighted by Crippen LogP contribution is 2.26. The molecule has 0 amide bonds. The minimum atomic E-state index is -1.43. The second-order valence-corrected chi connectivity index (χ2v) is 18.1. The van der Waals surface area contributed by atoms with Gasteiger partial charge in [-0.2, -0.15) is 0 Å². The molecule has 5 heteroatoms. The van der Waals surface area contributed by atoms with E-state index in [9.17, 15) is 0 Å². The lowest BCUT2D eigenvalue weighted by Gasteiger charge is -2.32. The van der Waals surface area contributed by atoms with Crippen LogP contribution in [-0.4, -0.2) is 27.4 Å². The summed E-state index contributed by atoms with van der Waals surface area (Å²) in [6, 6.07) is 1.12. The molecule has 0 bridgehead atoms. The second-order valence-electron chi connectivity index (χ2n) is 7.02. The molecule has 0 aromatic carbocycles. The molecule has 0 heterocycles. The van der Waals surface area contributed by atoms with Gasteiger partial charge in [-0.3, -0.25) is 0 Å². The van der Waals surface area contributed by atoms with Gasteiger partial charge in [0.1, 0.15) is 0 Å². The highest BCUT2D eigenvalue weighted by Gasteiger charge is 2.29. The van der Waals surface area contributed by atoms with E-state index in [4.69, 9.17) is 8.23 Å². The van der Waals surface area contributed by atoms with Gasteiger partial charge in [0, 0.05) is 0 Å². The van der Waals surface area contributed by atoms with Gasteiger partial charge in [0.2, 0.25) is 0 Å². The van der Waals surface area contributed by atoms with Crippen molar-refractivity contribution in [3.63, 3.8) is 0 Å². The van der Waals surface area contributed by atoms with Gasteiger partial charge < -0.3 is 8.23 Å². The zero-order chi connectivity index (χ0) is 15.2. The standard InChI is InChI=1S/C14H36O2Si3/c1-10-17(15-18(11(2)3)12(4)5)16-19(13(6)7)14(8)9/h11-14,17-19H,10H2,1-9H3. The van der Waals surface area contributed by atoms with Crippen molar-refractivity contribution in [2.75, 3.05) is 0 Å². The van der Waals surface area contributed by atoms with Crippen molar-refractivity contribution in [1.82, 2.24) is 0 Å². The van der Waals surface area contributed by atoms with Crippen LogP contribution in [0, 0.1) is 0 Å². The van der Waals surface area contributed by atoms with Crippen LogP contribution in [0.2, 0.25) is 28.2 Å². The summed E-state index contributed by atoms with van der Waals surface area (Å²) in [6.45, 7) is 20.8. The van der Waals surface area contributed by atoms with E-state index in [-0.39, 0.29) is 0 Å². The molecule has 0 saturated heterocycles. The lowest BCUT2D eigenvalue weighted by molar-refractivity contribution is 0.409. The van der Waals surface area contributed by atoms with Gasteiger partial charge in [0.15, 0.2) is 18.1 Å². The van der Waals surface area contributed by atoms with Gasteiger partial charge in [-0.1, -0.05) is 62.3 Å². The molecule has 0 saturated carbocycles. The summed E-state index contributed by atoms with van der Waals surface area (Å²) in [6.07, 6.45) is 0. The zero-order valence-corrected chi connectivity index (χ0v) is 18.0. The fourth-order valence-electron chi connectivity index (χ4n) is 2.74. The lowest BCUT2D eigenvalue weighted by atomic mass is 10.5.